The van der Waals surface area contributed by atoms with Crippen LogP contribution in [0, 0.1) is 5.92 Å². The van der Waals surface area contributed by atoms with E-state index in [4.69, 9.17) is 5.11 Å². The zero-order valence-electron chi connectivity index (χ0n) is 8.12. The first-order chi connectivity index (χ1) is 6.24. The van der Waals surface area contributed by atoms with Gasteiger partial charge in [-0.05, 0) is 31.8 Å². The Bertz CT molecular complexity index is 165. The van der Waals surface area contributed by atoms with Crippen LogP contribution in [-0.2, 0) is 0 Å². The average molecular weight is 186 g/mol. The molecule has 1 amide bonds. The van der Waals surface area contributed by atoms with E-state index in [2.05, 4.69) is 12.2 Å². The van der Waals surface area contributed by atoms with Crippen LogP contribution in [0.25, 0.3) is 0 Å². The molecular formula is C9H18N2O2. The standard InChI is InChI=1S/C9H18N2O2/c1-2-10-7-8-3-5-11(6-4-8)9(12)13/h8,10H,2-7H2,1H3,(H,12,13). The van der Waals surface area contributed by atoms with Crippen molar-refractivity contribution in [2.24, 2.45) is 5.92 Å². The van der Waals surface area contributed by atoms with Gasteiger partial charge in [-0.15, -0.1) is 0 Å². The highest BCUT2D eigenvalue weighted by atomic mass is 16.4. The lowest BCUT2D eigenvalue weighted by atomic mass is 9.97. The van der Waals surface area contributed by atoms with Crippen molar-refractivity contribution in [3.05, 3.63) is 0 Å². The smallest absolute Gasteiger partial charge is 0.407 e. The van der Waals surface area contributed by atoms with Crippen molar-refractivity contribution in [3.63, 3.8) is 0 Å². The monoisotopic (exact) mass is 186 g/mol. The second-order valence-corrected chi connectivity index (χ2v) is 3.52. The first-order valence-corrected chi connectivity index (χ1v) is 4.92. The van der Waals surface area contributed by atoms with E-state index in [1.165, 1.54) is 4.90 Å². The molecule has 0 atom stereocenters. The van der Waals surface area contributed by atoms with Crippen molar-refractivity contribution in [1.82, 2.24) is 10.2 Å². The van der Waals surface area contributed by atoms with Crippen LogP contribution in [0.15, 0.2) is 0 Å². The molecule has 0 aliphatic carbocycles. The number of nitrogens with one attached hydrogen (secondary N) is 1. The first-order valence-electron chi connectivity index (χ1n) is 4.92. The van der Waals surface area contributed by atoms with Gasteiger partial charge in [0.2, 0.25) is 0 Å². The van der Waals surface area contributed by atoms with Gasteiger partial charge >= 0.3 is 6.09 Å². The molecule has 1 saturated heterocycles. The molecule has 0 saturated carbocycles. The van der Waals surface area contributed by atoms with E-state index >= 15 is 0 Å². The van der Waals surface area contributed by atoms with Crippen molar-refractivity contribution >= 4 is 6.09 Å². The molecule has 2 N–H and O–H groups in total. The largest absolute Gasteiger partial charge is 0.465 e. The van der Waals surface area contributed by atoms with Gasteiger partial charge in [-0.1, -0.05) is 6.92 Å². The summed E-state index contributed by atoms with van der Waals surface area (Å²) in [6.45, 7) is 5.52. The summed E-state index contributed by atoms with van der Waals surface area (Å²) in [4.78, 5) is 12.1. The maximum atomic E-state index is 10.6. The molecule has 0 unspecified atom stereocenters. The molecule has 76 valence electrons. The molecule has 4 nitrogen and oxygen atoms in total. The minimum Gasteiger partial charge on any atom is -0.465 e. The second kappa shape index (κ2) is 5.07. The number of hydrogen-bond donors (Lipinski definition) is 2. The SMILES string of the molecule is CCNCC1CCN(C(=O)O)CC1. The normalized spacial score (nSPS) is 19.0. The van der Waals surface area contributed by atoms with Gasteiger partial charge in [0.25, 0.3) is 0 Å². The van der Waals surface area contributed by atoms with Gasteiger partial charge in [-0.3, -0.25) is 0 Å². The predicted molar refractivity (Wildman–Crippen MR) is 50.9 cm³/mol. The third kappa shape index (κ3) is 3.22. The van der Waals surface area contributed by atoms with E-state index in [9.17, 15) is 4.79 Å². The van der Waals surface area contributed by atoms with Crippen LogP contribution in [-0.4, -0.2) is 42.3 Å². The Balaban J connectivity index is 2.18. The summed E-state index contributed by atoms with van der Waals surface area (Å²) < 4.78 is 0. The third-order valence-electron chi connectivity index (χ3n) is 2.57. The summed E-state index contributed by atoms with van der Waals surface area (Å²) in [5.74, 6) is 0.663. The van der Waals surface area contributed by atoms with Gasteiger partial charge in [0.05, 0.1) is 0 Å². The zero-order chi connectivity index (χ0) is 9.68. The molecule has 0 spiro atoms. The second-order valence-electron chi connectivity index (χ2n) is 3.52. The van der Waals surface area contributed by atoms with Crippen LogP contribution in [0.5, 0.6) is 0 Å². The summed E-state index contributed by atoms with van der Waals surface area (Å²) in [6.07, 6.45) is 1.22. The lowest BCUT2D eigenvalue weighted by Crippen LogP contribution is -2.39. The van der Waals surface area contributed by atoms with Crippen LogP contribution in [0.1, 0.15) is 19.8 Å². The van der Waals surface area contributed by atoms with E-state index in [0.717, 1.165) is 25.9 Å². The molecule has 0 radical (unpaired) electrons. The topological polar surface area (TPSA) is 52.6 Å². The Morgan fingerprint density at radius 2 is 2.15 bits per heavy atom. The van der Waals surface area contributed by atoms with Gasteiger partial charge in [-0.25, -0.2) is 4.79 Å². The van der Waals surface area contributed by atoms with Gasteiger partial charge in [0.15, 0.2) is 0 Å². The molecule has 1 aliphatic rings. The van der Waals surface area contributed by atoms with Crippen molar-refractivity contribution < 1.29 is 9.90 Å². The Kier molecular flexibility index (Phi) is 4.02. The van der Waals surface area contributed by atoms with Crippen molar-refractivity contribution in [2.75, 3.05) is 26.2 Å². The fourth-order valence-electron chi connectivity index (χ4n) is 1.68. The number of carboxylic acid groups (broad SMARTS) is 1. The minimum absolute atomic E-state index is 0.663. The van der Waals surface area contributed by atoms with E-state index in [1.807, 2.05) is 0 Å². The highest BCUT2D eigenvalue weighted by Crippen LogP contribution is 2.15. The number of amides is 1. The number of likely N-dealkylation sites (tertiary alicyclic amines) is 1. The Hall–Kier alpha value is -0.770. The highest BCUT2D eigenvalue weighted by Gasteiger charge is 2.21. The van der Waals surface area contributed by atoms with Crippen molar-refractivity contribution in [3.8, 4) is 0 Å². The van der Waals surface area contributed by atoms with Gasteiger partial charge < -0.3 is 15.3 Å². The molecule has 0 aromatic rings. The zero-order valence-corrected chi connectivity index (χ0v) is 8.12. The quantitative estimate of drug-likeness (QED) is 0.691. The molecule has 1 fully saturated rings. The fourth-order valence-corrected chi connectivity index (χ4v) is 1.68. The third-order valence-corrected chi connectivity index (χ3v) is 2.57. The van der Waals surface area contributed by atoms with E-state index in [-0.39, 0.29) is 0 Å². The molecule has 4 heteroatoms. The van der Waals surface area contributed by atoms with E-state index in [1.54, 1.807) is 0 Å². The lowest BCUT2D eigenvalue weighted by molar-refractivity contribution is 0.124. The van der Waals surface area contributed by atoms with Gasteiger partial charge in [0, 0.05) is 13.1 Å². The number of hydrogen-bond acceptors (Lipinski definition) is 2. The lowest BCUT2D eigenvalue weighted by Gasteiger charge is -2.29. The Morgan fingerprint density at radius 1 is 1.54 bits per heavy atom. The van der Waals surface area contributed by atoms with Crippen LogP contribution in [0.2, 0.25) is 0 Å². The fraction of sp³-hybridized carbons (Fsp3) is 0.889. The van der Waals surface area contributed by atoms with Crippen LogP contribution < -0.4 is 5.32 Å². The highest BCUT2D eigenvalue weighted by molar-refractivity contribution is 5.64. The molecule has 0 aromatic heterocycles. The van der Waals surface area contributed by atoms with Crippen LogP contribution in [0.4, 0.5) is 4.79 Å². The average Bonchev–Trinajstić information content (AvgIpc) is 2.15. The molecule has 0 bridgehead atoms. The first kappa shape index (κ1) is 10.3. The van der Waals surface area contributed by atoms with E-state index < -0.39 is 6.09 Å². The van der Waals surface area contributed by atoms with Crippen LogP contribution in [0.3, 0.4) is 0 Å². The molecule has 1 rings (SSSR count). The van der Waals surface area contributed by atoms with Crippen LogP contribution >= 0.6 is 0 Å². The molecule has 13 heavy (non-hydrogen) atoms. The number of carbonyl (C=O) groups is 1. The summed E-state index contributed by atoms with van der Waals surface area (Å²) in [5, 5.41) is 12.0. The summed E-state index contributed by atoms with van der Waals surface area (Å²) in [5.41, 5.74) is 0. The number of piperidine rings is 1. The number of rotatable bonds is 3. The summed E-state index contributed by atoms with van der Waals surface area (Å²) >= 11 is 0. The maximum absolute atomic E-state index is 10.6. The molecule has 1 aliphatic heterocycles. The van der Waals surface area contributed by atoms with Crippen molar-refractivity contribution in [1.29, 1.82) is 0 Å². The Labute approximate surface area is 78.9 Å². The van der Waals surface area contributed by atoms with Crippen molar-refractivity contribution in [2.45, 2.75) is 19.8 Å². The van der Waals surface area contributed by atoms with E-state index in [0.29, 0.717) is 19.0 Å². The summed E-state index contributed by atoms with van der Waals surface area (Å²) in [6, 6.07) is 0. The summed E-state index contributed by atoms with van der Waals surface area (Å²) in [7, 11) is 0. The minimum atomic E-state index is -0.776. The van der Waals surface area contributed by atoms with Gasteiger partial charge in [-0.2, -0.15) is 0 Å². The maximum Gasteiger partial charge on any atom is 0.407 e. The molecular weight excluding hydrogens is 168 g/mol. The molecule has 0 aromatic carbocycles. The number of nitrogens with zero attached hydrogens (tertiary/aromatic N) is 1. The Morgan fingerprint density at radius 3 is 2.62 bits per heavy atom. The predicted octanol–water partition coefficient (Wildman–Crippen LogP) is 0.986. The molecule has 1 heterocycles. The van der Waals surface area contributed by atoms with Gasteiger partial charge in [0.1, 0.15) is 0 Å².